The standard InChI is InChI=1S/C18H18F3N/c1-4-13(3)22-16-8-9-17(12(2)10-16)14-6-5-7-15(11-14)18(19,20)21/h5-11,22H,3-4H2,1-2H3. The van der Waals surface area contributed by atoms with Crippen molar-refractivity contribution >= 4 is 5.69 Å². The molecule has 22 heavy (non-hydrogen) atoms. The summed E-state index contributed by atoms with van der Waals surface area (Å²) in [5, 5.41) is 3.17. The van der Waals surface area contributed by atoms with Crippen LogP contribution in [-0.2, 0) is 6.18 Å². The second kappa shape index (κ2) is 6.26. The van der Waals surface area contributed by atoms with E-state index >= 15 is 0 Å². The quantitative estimate of drug-likeness (QED) is 0.728. The van der Waals surface area contributed by atoms with Gasteiger partial charge >= 0.3 is 6.18 Å². The van der Waals surface area contributed by atoms with Crippen LogP contribution in [0.2, 0.25) is 0 Å². The number of hydrogen-bond donors (Lipinski definition) is 1. The van der Waals surface area contributed by atoms with Crippen LogP contribution in [0.5, 0.6) is 0 Å². The Balaban J connectivity index is 2.36. The van der Waals surface area contributed by atoms with Crippen LogP contribution in [0.15, 0.2) is 54.7 Å². The number of aryl methyl sites for hydroxylation is 1. The number of alkyl halides is 3. The number of anilines is 1. The molecule has 0 aliphatic carbocycles. The molecule has 2 aromatic rings. The fraction of sp³-hybridized carbons (Fsp3) is 0.222. The minimum Gasteiger partial charge on any atom is -0.359 e. The summed E-state index contributed by atoms with van der Waals surface area (Å²) in [6.07, 6.45) is -3.52. The van der Waals surface area contributed by atoms with Gasteiger partial charge in [-0.25, -0.2) is 0 Å². The molecule has 0 fully saturated rings. The molecule has 0 amide bonds. The molecule has 0 spiro atoms. The lowest BCUT2D eigenvalue weighted by Gasteiger charge is -2.13. The molecule has 0 heterocycles. The number of rotatable bonds is 4. The molecule has 0 saturated heterocycles. The molecule has 4 heteroatoms. The Morgan fingerprint density at radius 1 is 1.14 bits per heavy atom. The average molecular weight is 305 g/mol. The molecule has 0 radical (unpaired) electrons. The van der Waals surface area contributed by atoms with Crippen molar-refractivity contribution in [2.24, 2.45) is 0 Å². The number of allylic oxidation sites excluding steroid dienone is 1. The molecule has 0 aromatic heterocycles. The highest BCUT2D eigenvalue weighted by Gasteiger charge is 2.30. The van der Waals surface area contributed by atoms with Crippen molar-refractivity contribution in [3.05, 3.63) is 65.9 Å². The molecule has 2 aromatic carbocycles. The van der Waals surface area contributed by atoms with Gasteiger partial charge in [0.05, 0.1) is 5.56 Å². The Hall–Kier alpha value is -2.23. The first kappa shape index (κ1) is 16.1. The van der Waals surface area contributed by atoms with Gasteiger partial charge in [-0.2, -0.15) is 13.2 Å². The van der Waals surface area contributed by atoms with Gasteiger partial charge in [0, 0.05) is 11.4 Å². The van der Waals surface area contributed by atoms with E-state index in [4.69, 9.17) is 0 Å². The number of halogens is 3. The van der Waals surface area contributed by atoms with E-state index in [2.05, 4.69) is 11.9 Å². The van der Waals surface area contributed by atoms with Gasteiger partial charge in [-0.3, -0.25) is 0 Å². The van der Waals surface area contributed by atoms with Crippen LogP contribution in [0.3, 0.4) is 0 Å². The van der Waals surface area contributed by atoms with Crippen molar-refractivity contribution in [3.63, 3.8) is 0 Å². The SMILES string of the molecule is C=C(CC)Nc1ccc(-c2cccc(C(F)(F)F)c2)c(C)c1. The highest BCUT2D eigenvalue weighted by molar-refractivity contribution is 5.71. The van der Waals surface area contributed by atoms with Gasteiger partial charge < -0.3 is 5.32 Å². The first-order valence-corrected chi connectivity index (χ1v) is 7.04. The van der Waals surface area contributed by atoms with E-state index < -0.39 is 11.7 Å². The van der Waals surface area contributed by atoms with Crippen LogP contribution < -0.4 is 5.32 Å². The Labute approximate surface area is 128 Å². The van der Waals surface area contributed by atoms with E-state index in [1.165, 1.54) is 12.1 Å². The molecule has 0 aliphatic rings. The molecule has 1 nitrogen and oxygen atoms in total. The van der Waals surface area contributed by atoms with E-state index in [0.29, 0.717) is 5.56 Å². The van der Waals surface area contributed by atoms with Gasteiger partial charge in [0.2, 0.25) is 0 Å². The van der Waals surface area contributed by atoms with E-state index in [9.17, 15) is 13.2 Å². The first-order valence-electron chi connectivity index (χ1n) is 7.04. The number of hydrogen-bond acceptors (Lipinski definition) is 1. The lowest BCUT2D eigenvalue weighted by atomic mass is 9.98. The Kier molecular flexibility index (Phi) is 4.59. The summed E-state index contributed by atoms with van der Waals surface area (Å²) in [7, 11) is 0. The predicted molar refractivity (Wildman–Crippen MR) is 84.7 cm³/mol. The van der Waals surface area contributed by atoms with Gasteiger partial charge in [0.15, 0.2) is 0 Å². The topological polar surface area (TPSA) is 12.0 Å². The molecule has 116 valence electrons. The normalized spacial score (nSPS) is 11.3. The summed E-state index contributed by atoms with van der Waals surface area (Å²) < 4.78 is 38.4. The minimum absolute atomic E-state index is 0.563. The van der Waals surface area contributed by atoms with Gasteiger partial charge in [-0.15, -0.1) is 0 Å². The van der Waals surface area contributed by atoms with Crippen molar-refractivity contribution in [1.82, 2.24) is 0 Å². The predicted octanol–water partition coefficient (Wildman–Crippen LogP) is 6.02. The van der Waals surface area contributed by atoms with Crippen molar-refractivity contribution in [1.29, 1.82) is 0 Å². The third-order valence-electron chi connectivity index (χ3n) is 3.48. The summed E-state index contributed by atoms with van der Waals surface area (Å²) in [6.45, 7) is 7.76. The van der Waals surface area contributed by atoms with Crippen molar-refractivity contribution in [2.45, 2.75) is 26.4 Å². The highest BCUT2D eigenvalue weighted by atomic mass is 19.4. The zero-order valence-electron chi connectivity index (χ0n) is 12.6. The summed E-state index contributed by atoms with van der Waals surface area (Å²) in [5.74, 6) is 0. The van der Waals surface area contributed by atoms with E-state index in [-0.39, 0.29) is 0 Å². The molecule has 0 unspecified atom stereocenters. The third-order valence-corrected chi connectivity index (χ3v) is 3.48. The fourth-order valence-electron chi connectivity index (χ4n) is 2.22. The van der Waals surface area contributed by atoms with Crippen LogP contribution in [-0.4, -0.2) is 0 Å². The molecule has 0 saturated carbocycles. The number of nitrogens with one attached hydrogen (secondary N) is 1. The van der Waals surface area contributed by atoms with E-state index in [1.54, 1.807) is 6.07 Å². The molecular weight excluding hydrogens is 287 g/mol. The molecular formula is C18H18F3N. The zero-order valence-corrected chi connectivity index (χ0v) is 12.6. The van der Waals surface area contributed by atoms with Crippen LogP contribution in [0.1, 0.15) is 24.5 Å². The molecule has 0 bridgehead atoms. The van der Waals surface area contributed by atoms with Crippen molar-refractivity contribution < 1.29 is 13.2 Å². The van der Waals surface area contributed by atoms with Gasteiger partial charge in [0.25, 0.3) is 0 Å². The summed E-state index contributed by atoms with van der Waals surface area (Å²) in [5.41, 5.74) is 3.41. The summed E-state index contributed by atoms with van der Waals surface area (Å²) in [6, 6.07) is 11.0. The second-order valence-electron chi connectivity index (χ2n) is 5.19. The Morgan fingerprint density at radius 2 is 1.86 bits per heavy atom. The maximum Gasteiger partial charge on any atom is 0.416 e. The third kappa shape index (κ3) is 3.70. The van der Waals surface area contributed by atoms with Gasteiger partial charge in [-0.05, 0) is 54.3 Å². The largest absolute Gasteiger partial charge is 0.416 e. The minimum atomic E-state index is -4.33. The van der Waals surface area contributed by atoms with E-state index in [1.807, 2.05) is 32.0 Å². The maximum atomic E-state index is 12.8. The molecule has 0 aliphatic heterocycles. The van der Waals surface area contributed by atoms with Gasteiger partial charge in [0.1, 0.15) is 0 Å². The van der Waals surface area contributed by atoms with E-state index in [0.717, 1.165) is 35.0 Å². The molecule has 0 atom stereocenters. The molecule has 2 rings (SSSR count). The lowest BCUT2D eigenvalue weighted by molar-refractivity contribution is -0.137. The Bertz CT molecular complexity index is 687. The highest BCUT2D eigenvalue weighted by Crippen LogP contribution is 2.33. The van der Waals surface area contributed by atoms with Crippen LogP contribution in [0, 0.1) is 6.92 Å². The lowest BCUT2D eigenvalue weighted by Crippen LogP contribution is -2.04. The monoisotopic (exact) mass is 305 g/mol. The van der Waals surface area contributed by atoms with Crippen molar-refractivity contribution in [3.8, 4) is 11.1 Å². The van der Waals surface area contributed by atoms with Crippen LogP contribution in [0.25, 0.3) is 11.1 Å². The second-order valence-corrected chi connectivity index (χ2v) is 5.19. The van der Waals surface area contributed by atoms with Gasteiger partial charge in [-0.1, -0.05) is 31.7 Å². The molecule has 1 N–H and O–H groups in total. The first-order chi connectivity index (χ1) is 10.3. The van der Waals surface area contributed by atoms with Crippen LogP contribution in [0.4, 0.5) is 18.9 Å². The smallest absolute Gasteiger partial charge is 0.359 e. The zero-order chi connectivity index (χ0) is 16.3. The Morgan fingerprint density at radius 3 is 2.45 bits per heavy atom. The summed E-state index contributed by atoms with van der Waals surface area (Å²) >= 11 is 0. The number of benzene rings is 2. The average Bonchev–Trinajstić information content (AvgIpc) is 2.46. The fourth-order valence-corrected chi connectivity index (χ4v) is 2.22. The summed E-state index contributed by atoms with van der Waals surface area (Å²) in [4.78, 5) is 0. The van der Waals surface area contributed by atoms with Crippen LogP contribution >= 0.6 is 0 Å². The van der Waals surface area contributed by atoms with Crippen molar-refractivity contribution in [2.75, 3.05) is 5.32 Å². The maximum absolute atomic E-state index is 12.8.